The van der Waals surface area contributed by atoms with Gasteiger partial charge in [-0.3, -0.25) is 0 Å². The molecule has 0 heterocycles. The topological polar surface area (TPSA) is 20.2 Å². The number of aliphatic hydroxyl groups is 1. The van der Waals surface area contributed by atoms with Gasteiger partial charge in [0, 0.05) is 11.8 Å². The molecule has 0 aliphatic heterocycles. The van der Waals surface area contributed by atoms with E-state index in [4.69, 9.17) is 0 Å². The summed E-state index contributed by atoms with van der Waals surface area (Å²) in [6.07, 6.45) is 15.7. The molecule has 0 aromatic heterocycles. The van der Waals surface area contributed by atoms with E-state index >= 15 is 0 Å². The first-order valence-electron chi connectivity index (χ1n) is 14.1. The minimum absolute atomic E-state index is 0.148. The van der Waals surface area contributed by atoms with Gasteiger partial charge in [0.1, 0.15) is 6.04 Å². The summed E-state index contributed by atoms with van der Waals surface area (Å²) in [6.45, 7) is 12.6. The average molecular weight is 445 g/mol. The number of allylic oxidation sites excluding steroid dienone is 1. The number of aliphatic hydroxyl groups excluding tert-OH is 1. The van der Waals surface area contributed by atoms with E-state index in [0.29, 0.717) is 11.5 Å². The number of nitrogens with zero attached hydrogens (tertiary/aromatic N) is 1. The van der Waals surface area contributed by atoms with E-state index < -0.39 is 0 Å². The minimum Gasteiger partial charge on any atom is -0.393 e. The lowest BCUT2D eigenvalue weighted by Gasteiger charge is -2.61. The summed E-state index contributed by atoms with van der Waals surface area (Å²) in [5.41, 5.74) is 2.43. The van der Waals surface area contributed by atoms with Gasteiger partial charge in [0.25, 0.3) is 0 Å². The SMILES string of the molecule is CC(C)CCC[C@@H](C)[C@H]1CC[C@H]2[C@@H]3CC=C4C[C@H](O)CC([N+](C)(C)C)[C@]4(C)[C@H]3CC[C@]12C. The van der Waals surface area contributed by atoms with E-state index in [1.165, 1.54) is 51.4 Å². The second kappa shape index (κ2) is 8.71. The smallest absolute Gasteiger partial charge is 0.100 e. The van der Waals surface area contributed by atoms with Gasteiger partial charge in [0.15, 0.2) is 0 Å². The molecule has 9 atom stereocenters. The molecule has 4 aliphatic rings. The molecular weight excluding hydrogens is 390 g/mol. The molecule has 0 aromatic rings. The lowest BCUT2D eigenvalue weighted by molar-refractivity contribution is -0.905. The fourth-order valence-electron chi connectivity index (χ4n) is 9.85. The highest BCUT2D eigenvalue weighted by molar-refractivity contribution is 5.28. The summed E-state index contributed by atoms with van der Waals surface area (Å²) >= 11 is 0. The average Bonchev–Trinajstić information content (AvgIpc) is 3.04. The summed E-state index contributed by atoms with van der Waals surface area (Å²) < 4.78 is 0.978. The van der Waals surface area contributed by atoms with Crippen LogP contribution in [0.3, 0.4) is 0 Å². The largest absolute Gasteiger partial charge is 0.393 e. The highest BCUT2D eigenvalue weighted by Gasteiger charge is 2.63. The first-order chi connectivity index (χ1) is 14.9. The summed E-state index contributed by atoms with van der Waals surface area (Å²) in [6, 6.07) is 0.529. The quantitative estimate of drug-likeness (QED) is 0.343. The van der Waals surface area contributed by atoms with Gasteiger partial charge in [-0.05, 0) is 86.4 Å². The molecule has 0 saturated heterocycles. The highest BCUT2D eigenvalue weighted by atomic mass is 16.3. The van der Waals surface area contributed by atoms with Gasteiger partial charge in [0.2, 0.25) is 0 Å². The molecule has 3 fully saturated rings. The van der Waals surface area contributed by atoms with Gasteiger partial charge in [-0.15, -0.1) is 0 Å². The van der Waals surface area contributed by atoms with E-state index in [0.717, 1.165) is 52.8 Å². The fourth-order valence-corrected chi connectivity index (χ4v) is 9.85. The predicted molar refractivity (Wildman–Crippen MR) is 136 cm³/mol. The van der Waals surface area contributed by atoms with Gasteiger partial charge in [0.05, 0.1) is 27.2 Å². The number of hydrogen-bond acceptors (Lipinski definition) is 1. The van der Waals surface area contributed by atoms with E-state index in [9.17, 15) is 5.11 Å². The number of hydrogen-bond donors (Lipinski definition) is 1. The second-order valence-corrected chi connectivity index (χ2v) is 14.4. The van der Waals surface area contributed by atoms with Crippen LogP contribution in [0.1, 0.15) is 98.8 Å². The maximum Gasteiger partial charge on any atom is 0.100 e. The minimum atomic E-state index is -0.148. The molecule has 32 heavy (non-hydrogen) atoms. The Labute approximate surface area is 199 Å². The van der Waals surface area contributed by atoms with Gasteiger partial charge < -0.3 is 9.59 Å². The molecule has 3 saturated carbocycles. The van der Waals surface area contributed by atoms with Crippen molar-refractivity contribution in [1.82, 2.24) is 0 Å². The van der Waals surface area contributed by atoms with Crippen LogP contribution in [-0.2, 0) is 0 Å². The Morgan fingerprint density at radius 1 is 1.03 bits per heavy atom. The van der Waals surface area contributed by atoms with Crippen LogP contribution in [-0.4, -0.2) is 42.9 Å². The molecule has 1 unspecified atom stereocenters. The molecule has 2 nitrogen and oxygen atoms in total. The molecule has 0 aromatic carbocycles. The first-order valence-corrected chi connectivity index (χ1v) is 14.1. The van der Waals surface area contributed by atoms with Crippen LogP contribution in [0.2, 0.25) is 0 Å². The van der Waals surface area contributed by atoms with Crippen molar-refractivity contribution in [2.45, 2.75) is 111 Å². The van der Waals surface area contributed by atoms with Gasteiger partial charge in [-0.1, -0.05) is 58.6 Å². The van der Waals surface area contributed by atoms with Crippen molar-refractivity contribution < 1.29 is 9.59 Å². The fraction of sp³-hybridized carbons (Fsp3) is 0.933. The lowest BCUT2D eigenvalue weighted by atomic mass is 9.45. The van der Waals surface area contributed by atoms with Crippen molar-refractivity contribution in [3.63, 3.8) is 0 Å². The van der Waals surface area contributed by atoms with Gasteiger partial charge in [-0.2, -0.15) is 0 Å². The van der Waals surface area contributed by atoms with Crippen LogP contribution >= 0.6 is 0 Å². The van der Waals surface area contributed by atoms with Crippen LogP contribution in [0.4, 0.5) is 0 Å². The molecular formula is C30H54NO+. The van der Waals surface area contributed by atoms with Crippen molar-refractivity contribution in [3.8, 4) is 0 Å². The molecule has 0 amide bonds. The molecule has 184 valence electrons. The monoisotopic (exact) mass is 444 g/mol. The first kappa shape index (κ1) is 24.8. The third kappa shape index (κ3) is 4.04. The van der Waals surface area contributed by atoms with Gasteiger partial charge >= 0.3 is 0 Å². The zero-order valence-electron chi connectivity index (χ0n) is 22.7. The Morgan fingerprint density at radius 3 is 2.41 bits per heavy atom. The molecule has 2 heteroatoms. The predicted octanol–water partition coefficient (Wildman–Crippen LogP) is 7.07. The van der Waals surface area contributed by atoms with Crippen LogP contribution in [0.5, 0.6) is 0 Å². The van der Waals surface area contributed by atoms with Crippen molar-refractivity contribution >= 4 is 0 Å². The number of fused-ring (bicyclic) bond motifs is 5. The van der Waals surface area contributed by atoms with Crippen molar-refractivity contribution in [2.24, 2.45) is 46.3 Å². The molecule has 0 bridgehead atoms. The Kier molecular flexibility index (Phi) is 6.74. The second-order valence-electron chi connectivity index (χ2n) is 14.4. The van der Waals surface area contributed by atoms with Crippen molar-refractivity contribution in [3.05, 3.63) is 11.6 Å². The summed E-state index contributed by atoms with van der Waals surface area (Å²) in [5, 5.41) is 10.7. The molecule has 4 rings (SSSR count). The van der Waals surface area contributed by atoms with E-state index in [1.807, 2.05) is 0 Å². The maximum absolute atomic E-state index is 10.7. The number of quaternary nitrogens is 1. The normalized spacial score (nSPS) is 45.1. The van der Waals surface area contributed by atoms with Crippen molar-refractivity contribution in [2.75, 3.05) is 21.1 Å². The zero-order chi connectivity index (χ0) is 23.5. The Bertz CT molecular complexity index is 704. The van der Waals surface area contributed by atoms with E-state index in [1.54, 1.807) is 5.57 Å². The van der Waals surface area contributed by atoms with Gasteiger partial charge in [-0.25, -0.2) is 0 Å². The van der Waals surface area contributed by atoms with E-state index in [2.05, 4.69) is 61.8 Å². The summed E-state index contributed by atoms with van der Waals surface area (Å²) in [4.78, 5) is 0. The molecule has 4 aliphatic carbocycles. The Morgan fingerprint density at radius 2 is 1.75 bits per heavy atom. The Balaban J connectivity index is 1.57. The zero-order valence-corrected chi connectivity index (χ0v) is 22.7. The van der Waals surface area contributed by atoms with Crippen molar-refractivity contribution in [1.29, 1.82) is 0 Å². The maximum atomic E-state index is 10.7. The standard InChI is InChI=1S/C30H54NO/c1-20(2)10-9-11-21(3)25-14-15-26-24-13-12-22-18-23(32)19-28(31(6,7)8)30(22,5)27(24)16-17-29(25,26)4/h12,20-21,23-28,32H,9-11,13-19H2,1-8H3/q+1/t21-,23+,24+,25-,26+,27+,28?,29-,30+/m1/s1. The highest BCUT2D eigenvalue weighted by Crippen LogP contribution is 2.67. The van der Waals surface area contributed by atoms with Crippen LogP contribution < -0.4 is 0 Å². The summed E-state index contributed by atoms with van der Waals surface area (Å²) in [7, 11) is 7.10. The van der Waals surface area contributed by atoms with Crippen LogP contribution in [0.25, 0.3) is 0 Å². The molecule has 1 N–H and O–H groups in total. The van der Waals surface area contributed by atoms with Crippen LogP contribution in [0, 0.1) is 46.3 Å². The molecule has 0 spiro atoms. The molecule has 0 radical (unpaired) electrons. The third-order valence-electron chi connectivity index (χ3n) is 11.3. The summed E-state index contributed by atoms with van der Waals surface area (Å²) in [5.74, 6) is 5.24. The Hall–Kier alpha value is -0.340. The van der Waals surface area contributed by atoms with Crippen LogP contribution in [0.15, 0.2) is 11.6 Å². The number of rotatable bonds is 6. The van der Waals surface area contributed by atoms with E-state index in [-0.39, 0.29) is 11.5 Å². The third-order valence-corrected chi connectivity index (χ3v) is 11.3. The lowest BCUT2D eigenvalue weighted by Crippen LogP contribution is -2.63.